The number of nitrogens with one attached hydrogen (secondary N) is 1. The molecule has 2 rings (SSSR count). The zero-order valence-corrected chi connectivity index (χ0v) is 11.6. The number of rotatable bonds is 4. The average Bonchev–Trinajstić information content (AvgIpc) is 2.89. The number of hydrogen-bond acceptors (Lipinski definition) is 5. The van der Waals surface area contributed by atoms with E-state index >= 15 is 0 Å². The van der Waals surface area contributed by atoms with Crippen LogP contribution >= 0.6 is 0 Å². The van der Waals surface area contributed by atoms with Crippen molar-refractivity contribution < 1.29 is 13.2 Å². The maximum Gasteiger partial charge on any atom is 0.451 e. The van der Waals surface area contributed by atoms with Crippen LogP contribution in [0.2, 0.25) is 0 Å². The van der Waals surface area contributed by atoms with Crippen molar-refractivity contribution in [2.45, 2.75) is 32.9 Å². The van der Waals surface area contributed by atoms with Gasteiger partial charge in [-0.2, -0.15) is 18.3 Å². The van der Waals surface area contributed by atoms with E-state index in [1.807, 2.05) is 19.9 Å². The number of aromatic nitrogens is 4. The molecule has 0 saturated carbocycles. The highest BCUT2D eigenvalue weighted by Crippen LogP contribution is 2.28. The van der Waals surface area contributed by atoms with Crippen molar-refractivity contribution in [1.29, 1.82) is 0 Å². The summed E-state index contributed by atoms with van der Waals surface area (Å²) in [4.78, 5) is 6.87. The number of anilines is 1. The van der Waals surface area contributed by atoms with Gasteiger partial charge in [0.1, 0.15) is 5.82 Å². The number of hydrazine groups is 1. The van der Waals surface area contributed by atoms with E-state index in [0.717, 1.165) is 11.4 Å². The van der Waals surface area contributed by atoms with Gasteiger partial charge in [-0.1, -0.05) is 13.8 Å². The van der Waals surface area contributed by atoms with Crippen LogP contribution in [0.3, 0.4) is 0 Å². The third kappa shape index (κ3) is 3.13. The molecular formula is C12H15F3N6. The first-order chi connectivity index (χ1) is 9.88. The van der Waals surface area contributed by atoms with Gasteiger partial charge in [-0.15, -0.1) is 0 Å². The van der Waals surface area contributed by atoms with Crippen molar-refractivity contribution in [3.05, 3.63) is 29.3 Å². The summed E-state index contributed by atoms with van der Waals surface area (Å²) in [6.07, 6.45) is -3.36. The summed E-state index contributed by atoms with van der Waals surface area (Å²) in [6.45, 7) is 3.81. The summed E-state index contributed by atoms with van der Waals surface area (Å²) in [7, 11) is 0. The van der Waals surface area contributed by atoms with E-state index in [0.29, 0.717) is 12.8 Å². The summed E-state index contributed by atoms with van der Waals surface area (Å²) in [5.74, 6) is 3.82. The van der Waals surface area contributed by atoms with Crippen LogP contribution in [0.25, 0.3) is 5.82 Å². The van der Waals surface area contributed by atoms with E-state index in [1.165, 1.54) is 10.7 Å². The highest BCUT2D eigenvalue weighted by Gasteiger charge is 2.35. The molecule has 0 aromatic carbocycles. The molecule has 2 aromatic heterocycles. The molecule has 0 radical (unpaired) electrons. The Morgan fingerprint density at radius 2 is 1.90 bits per heavy atom. The molecule has 0 aliphatic heterocycles. The minimum atomic E-state index is -4.66. The summed E-state index contributed by atoms with van der Waals surface area (Å²) in [5, 5.41) is 4.26. The fourth-order valence-electron chi connectivity index (χ4n) is 1.84. The van der Waals surface area contributed by atoms with Gasteiger partial charge >= 0.3 is 6.18 Å². The van der Waals surface area contributed by atoms with Crippen molar-refractivity contribution >= 4 is 5.82 Å². The molecule has 21 heavy (non-hydrogen) atoms. The van der Waals surface area contributed by atoms with Gasteiger partial charge in [-0.3, -0.25) is 0 Å². The van der Waals surface area contributed by atoms with Crippen molar-refractivity contribution in [1.82, 2.24) is 19.7 Å². The number of nitrogens with two attached hydrogens (primary N) is 1. The predicted molar refractivity (Wildman–Crippen MR) is 70.7 cm³/mol. The van der Waals surface area contributed by atoms with E-state index in [4.69, 9.17) is 5.84 Å². The summed E-state index contributed by atoms with van der Waals surface area (Å²) < 4.78 is 39.9. The summed E-state index contributed by atoms with van der Waals surface area (Å²) in [5.41, 5.74) is 3.66. The lowest BCUT2D eigenvalue weighted by molar-refractivity contribution is -0.144. The van der Waals surface area contributed by atoms with Gasteiger partial charge in [0.2, 0.25) is 5.82 Å². The van der Waals surface area contributed by atoms with Crippen molar-refractivity contribution in [3.8, 4) is 5.82 Å². The normalized spacial score (nSPS) is 11.7. The molecule has 0 amide bonds. The molecule has 0 fully saturated rings. The maximum atomic E-state index is 12.8. The molecule has 0 saturated heterocycles. The topological polar surface area (TPSA) is 81.7 Å². The molecule has 3 N–H and O–H groups in total. The van der Waals surface area contributed by atoms with Crippen LogP contribution in [0.15, 0.2) is 12.1 Å². The Kier molecular flexibility index (Phi) is 4.12. The smallest absolute Gasteiger partial charge is 0.308 e. The number of nitrogens with zero attached hydrogens (tertiary/aromatic N) is 4. The van der Waals surface area contributed by atoms with Gasteiger partial charge in [0.05, 0.1) is 5.69 Å². The lowest BCUT2D eigenvalue weighted by Crippen LogP contribution is -2.18. The second-order valence-electron chi connectivity index (χ2n) is 4.32. The van der Waals surface area contributed by atoms with Crippen LogP contribution in [-0.4, -0.2) is 19.7 Å². The highest BCUT2D eigenvalue weighted by molar-refractivity contribution is 5.41. The Balaban J connectivity index is 2.60. The Morgan fingerprint density at radius 1 is 1.19 bits per heavy atom. The molecule has 0 spiro atoms. The molecule has 0 bridgehead atoms. The van der Waals surface area contributed by atoms with Crippen molar-refractivity contribution in [2.75, 3.05) is 5.43 Å². The lowest BCUT2D eigenvalue weighted by atomic mass is 10.2. The SMILES string of the molecule is CCc1cc(CC)n(-c2cc(NN)nc(C(F)(F)F)n2)n1. The molecular weight excluding hydrogens is 285 g/mol. The van der Waals surface area contributed by atoms with Crippen LogP contribution in [0, 0.1) is 0 Å². The first kappa shape index (κ1) is 15.2. The Hall–Kier alpha value is -2.16. The number of halogens is 3. The van der Waals surface area contributed by atoms with Crippen molar-refractivity contribution in [2.24, 2.45) is 5.84 Å². The third-order valence-electron chi connectivity index (χ3n) is 2.89. The fourth-order valence-corrected chi connectivity index (χ4v) is 1.84. The van der Waals surface area contributed by atoms with Crippen LogP contribution < -0.4 is 11.3 Å². The number of hydrogen-bond donors (Lipinski definition) is 2. The van der Waals surface area contributed by atoms with Gasteiger partial charge in [0.25, 0.3) is 0 Å². The van der Waals surface area contributed by atoms with E-state index in [9.17, 15) is 13.2 Å². The molecule has 0 aliphatic rings. The van der Waals surface area contributed by atoms with E-state index in [1.54, 1.807) is 0 Å². The zero-order valence-electron chi connectivity index (χ0n) is 11.6. The molecule has 0 atom stereocenters. The highest BCUT2D eigenvalue weighted by atomic mass is 19.4. The van der Waals surface area contributed by atoms with Crippen LogP contribution in [0.5, 0.6) is 0 Å². The third-order valence-corrected chi connectivity index (χ3v) is 2.89. The van der Waals surface area contributed by atoms with Gasteiger partial charge in [0, 0.05) is 11.8 Å². The Labute approximate surface area is 119 Å². The van der Waals surface area contributed by atoms with E-state index in [-0.39, 0.29) is 11.6 Å². The molecule has 2 aromatic rings. The summed E-state index contributed by atoms with van der Waals surface area (Å²) in [6, 6.07) is 3.16. The molecule has 114 valence electrons. The second-order valence-corrected chi connectivity index (χ2v) is 4.32. The lowest BCUT2D eigenvalue weighted by Gasteiger charge is -2.11. The van der Waals surface area contributed by atoms with Gasteiger partial charge < -0.3 is 5.43 Å². The summed E-state index contributed by atoms with van der Waals surface area (Å²) >= 11 is 0. The average molecular weight is 300 g/mol. The molecule has 9 heteroatoms. The first-order valence-corrected chi connectivity index (χ1v) is 6.40. The monoisotopic (exact) mass is 300 g/mol. The fraction of sp³-hybridized carbons (Fsp3) is 0.417. The molecule has 0 unspecified atom stereocenters. The van der Waals surface area contributed by atoms with E-state index < -0.39 is 12.0 Å². The number of aryl methyl sites for hydroxylation is 2. The molecule has 0 aliphatic carbocycles. The minimum absolute atomic E-state index is 0.0295. The van der Waals surface area contributed by atoms with E-state index in [2.05, 4.69) is 20.5 Å². The molecule has 6 nitrogen and oxygen atoms in total. The molecule has 2 heterocycles. The van der Waals surface area contributed by atoms with Gasteiger partial charge in [-0.05, 0) is 18.9 Å². The van der Waals surface area contributed by atoms with Crippen LogP contribution in [0.1, 0.15) is 31.1 Å². The Morgan fingerprint density at radius 3 is 2.43 bits per heavy atom. The number of nitrogen functional groups attached to an aromatic ring is 1. The van der Waals surface area contributed by atoms with Gasteiger partial charge in [-0.25, -0.2) is 20.5 Å². The Bertz CT molecular complexity index is 634. The quantitative estimate of drug-likeness (QED) is 0.667. The maximum absolute atomic E-state index is 12.8. The largest absolute Gasteiger partial charge is 0.451 e. The predicted octanol–water partition coefficient (Wildman–Crippen LogP) is 2.09. The minimum Gasteiger partial charge on any atom is -0.308 e. The zero-order chi connectivity index (χ0) is 15.6. The first-order valence-electron chi connectivity index (χ1n) is 6.40. The second kappa shape index (κ2) is 5.68. The van der Waals surface area contributed by atoms with Gasteiger partial charge in [0.15, 0.2) is 5.82 Å². The van der Waals surface area contributed by atoms with Crippen LogP contribution in [-0.2, 0) is 19.0 Å². The number of alkyl halides is 3. The van der Waals surface area contributed by atoms with Crippen LogP contribution in [0.4, 0.5) is 19.0 Å². The standard InChI is InChI=1S/C12H15F3N6/c1-3-7-5-8(4-2)21(20-7)10-6-9(19-16)17-11(18-10)12(13,14)15/h5-6H,3-4,16H2,1-2H3,(H,17,18,19). The van der Waals surface area contributed by atoms with Crippen molar-refractivity contribution in [3.63, 3.8) is 0 Å².